The molecule has 1 atom stereocenters. The molecule has 0 saturated heterocycles. The maximum atomic E-state index is 13.4. The summed E-state index contributed by atoms with van der Waals surface area (Å²) in [6.45, 7) is 0.603. The molecular formula is C26H28FN3O3S. The van der Waals surface area contributed by atoms with Gasteiger partial charge < -0.3 is 10.2 Å². The van der Waals surface area contributed by atoms with Crippen molar-refractivity contribution in [2.75, 3.05) is 25.5 Å². The molecule has 0 unspecified atom stereocenters. The van der Waals surface area contributed by atoms with Gasteiger partial charge in [0.2, 0.25) is 15.9 Å². The van der Waals surface area contributed by atoms with Gasteiger partial charge in [0.15, 0.2) is 0 Å². The lowest BCUT2D eigenvalue weighted by Crippen LogP contribution is -2.42. The molecule has 1 N–H and O–H groups in total. The smallest absolute Gasteiger partial charge is 0.243 e. The number of benzene rings is 3. The van der Waals surface area contributed by atoms with Crippen LogP contribution in [-0.2, 0) is 27.8 Å². The summed E-state index contributed by atoms with van der Waals surface area (Å²) in [5, 5.41) is 2.92. The molecular weight excluding hydrogens is 453 g/mol. The zero-order valence-corrected chi connectivity index (χ0v) is 20.1. The Bertz CT molecular complexity index is 1260. The lowest BCUT2D eigenvalue weighted by atomic mass is 9.92. The first kappa shape index (κ1) is 23.9. The molecule has 0 aromatic heterocycles. The molecule has 0 spiro atoms. The third-order valence-corrected chi connectivity index (χ3v) is 8.03. The number of carbonyl (C=O) groups is 1. The SMILES string of the molecule is CN(C)c1ccc(CNC(=O)C[C@H]2c3ccccc3CCN2S(=O)(=O)c2ccc(F)cc2)cc1. The lowest BCUT2D eigenvalue weighted by Gasteiger charge is -2.36. The fraction of sp³-hybridized carbons (Fsp3) is 0.269. The Morgan fingerprint density at radius 3 is 2.38 bits per heavy atom. The van der Waals surface area contributed by atoms with Gasteiger partial charge in [-0.1, -0.05) is 36.4 Å². The van der Waals surface area contributed by atoms with Gasteiger partial charge in [0.1, 0.15) is 5.82 Å². The zero-order valence-electron chi connectivity index (χ0n) is 19.2. The predicted octanol–water partition coefficient (Wildman–Crippen LogP) is 3.89. The standard InChI is InChI=1S/C26H28FN3O3S/c1-29(2)22-11-7-19(8-12-22)18-28-26(31)17-25-24-6-4-3-5-20(24)15-16-30(25)34(32,33)23-13-9-21(27)10-14-23/h3-14,25H,15-18H2,1-2H3,(H,28,31)/t25-/m0/s1. The van der Waals surface area contributed by atoms with Crippen molar-refractivity contribution in [1.29, 1.82) is 0 Å². The summed E-state index contributed by atoms with van der Waals surface area (Å²) in [4.78, 5) is 14.9. The van der Waals surface area contributed by atoms with Crippen LogP contribution < -0.4 is 10.2 Å². The van der Waals surface area contributed by atoms with Gasteiger partial charge in [0.05, 0.1) is 10.9 Å². The van der Waals surface area contributed by atoms with E-state index in [9.17, 15) is 17.6 Å². The van der Waals surface area contributed by atoms with E-state index in [0.29, 0.717) is 13.0 Å². The van der Waals surface area contributed by atoms with Crippen molar-refractivity contribution in [1.82, 2.24) is 9.62 Å². The molecule has 0 bridgehead atoms. The number of amides is 1. The highest BCUT2D eigenvalue weighted by Crippen LogP contribution is 2.36. The van der Waals surface area contributed by atoms with E-state index in [1.165, 1.54) is 16.4 Å². The van der Waals surface area contributed by atoms with Gasteiger partial charge in [-0.3, -0.25) is 4.79 Å². The minimum absolute atomic E-state index is 0.00673. The minimum atomic E-state index is -3.91. The molecule has 8 heteroatoms. The van der Waals surface area contributed by atoms with Crippen molar-refractivity contribution in [3.05, 3.63) is 95.3 Å². The van der Waals surface area contributed by atoms with E-state index in [-0.39, 0.29) is 23.8 Å². The van der Waals surface area contributed by atoms with Crippen LogP contribution in [0, 0.1) is 5.82 Å². The van der Waals surface area contributed by atoms with Crippen LogP contribution in [0.15, 0.2) is 77.7 Å². The maximum absolute atomic E-state index is 13.4. The summed E-state index contributed by atoms with van der Waals surface area (Å²) in [6, 6.07) is 19.6. The summed E-state index contributed by atoms with van der Waals surface area (Å²) < 4.78 is 41.6. The molecule has 0 aliphatic carbocycles. The van der Waals surface area contributed by atoms with Crippen LogP contribution >= 0.6 is 0 Å². The van der Waals surface area contributed by atoms with E-state index >= 15 is 0 Å². The topological polar surface area (TPSA) is 69.7 Å². The first-order valence-electron chi connectivity index (χ1n) is 11.1. The van der Waals surface area contributed by atoms with Crippen LogP contribution in [0.3, 0.4) is 0 Å². The second-order valence-electron chi connectivity index (χ2n) is 8.58. The van der Waals surface area contributed by atoms with E-state index < -0.39 is 21.9 Å². The quantitative estimate of drug-likeness (QED) is 0.556. The van der Waals surface area contributed by atoms with Gasteiger partial charge in [-0.05, 0) is 59.5 Å². The largest absolute Gasteiger partial charge is 0.378 e. The van der Waals surface area contributed by atoms with Crippen molar-refractivity contribution in [3.63, 3.8) is 0 Å². The Morgan fingerprint density at radius 2 is 1.71 bits per heavy atom. The van der Waals surface area contributed by atoms with Crippen LogP contribution in [0.2, 0.25) is 0 Å². The molecule has 0 fully saturated rings. The normalized spacial score (nSPS) is 16.0. The number of sulfonamides is 1. The molecule has 3 aromatic carbocycles. The summed E-state index contributed by atoms with van der Waals surface area (Å²) in [5.41, 5.74) is 3.88. The molecule has 4 rings (SSSR count). The Hall–Kier alpha value is -3.23. The monoisotopic (exact) mass is 481 g/mol. The summed E-state index contributed by atoms with van der Waals surface area (Å²) in [6.07, 6.45) is 0.542. The zero-order chi connectivity index (χ0) is 24.3. The summed E-state index contributed by atoms with van der Waals surface area (Å²) in [5.74, 6) is -0.741. The van der Waals surface area contributed by atoms with E-state index in [1.807, 2.05) is 67.5 Å². The third kappa shape index (κ3) is 5.13. The number of nitrogens with one attached hydrogen (secondary N) is 1. The number of nitrogens with zero attached hydrogens (tertiary/aromatic N) is 2. The Kier molecular flexibility index (Phi) is 7.00. The Labute approximate surface area is 200 Å². The third-order valence-electron chi connectivity index (χ3n) is 6.10. The van der Waals surface area contributed by atoms with Crippen molar-refractivity contribution in [2.45, 2.75) is 30.3 Å². The van der Waals surface area contributed by atoms with E-state index in [4.69, 9.17) is 0 Å². The molecule has 34 heavy (non-hydrogen) atoms. The molecule has 178 valence electrons. The highest BCUT2D eigenvalue weighted by molar-refractivity contribution is 7.89. The number of fused-ring (bicyclic) bond motifs is 1. The van der Waals surface area contributed by atoms with Crippen LogP contribution in [0.25, 0.3) is 0 Å². The van der Waals surface area contributed by atoms with Gasteiger partial charge in [-0.25, -0.2) is 12.8 Å². The van der Waals surface area contributed by atoms with E-state index in [1.54, 1.807) is 0 Å². The number of hydrogen-bond donors (Lipinski definition) is 1. The number of carbonyl (C=O) groups excluding carboxylic acids is 1. The van der Waals surface area contributed by atoms with Crippen molar-refractivity contribution >= 4 is 21.6 Å². The lowest BCUT2D eigenvalue weighted by molar-refractivity contribution is -0.122. The number of halogens is 1. The van der Waals surface area contributed by atoms with E-state index in [2.05, 4.69) is 5.32 Å². The van der Waals surface area contributed by atoms with Crippen molar-refractivity contribution in [3.8, 4) is 0 Å². The number of hydrogen-bond acceptors (Lipinski definition) is 4. The fourth-order valence-corrected chi connectivity index (χ4v) is 5.84. The van der Waals surface area contributed by atoms with Gasteiger partial charge in [-0.2, -0.15) is 4.31 Å². The molecule has 0 saturated carbocycles. The van der Waals surface area contributed by atoms with E-state index in [0.717, 1.165) is 34.5 Å². The van der Waals surface area contributed by atoms with Crippen LogP contribution in [0.4, 0.5) is 10.1 Å². The molecule has 1 amide bonds. The highest BCUT2D eigenvalue weighted by Gasteiger charge is 2.37. The van der Waals surface area contributed by atoms with Crippen molar-refractivity contribution < 1.29 is 17.6 Å². The van der Waals surface area contributed by atoms with Crippen LogP contribution in [-0.4, -0.2) is 39.3 Å². The molecule has 1 aliphatic rings. The summed E-state index contributed by atoms with van der Waals surface area (Å²) in [7, 11) is 0.0113. The molecule has 3 aromatic rings. The second kappa shape index (κ2) is 9.95. The predicted molar refractivity (Wildman–Crippen MR) is 130 cm³/mol. The maximum Gasteiger partial charge on any atom is 0.243 e. The molecule has 1 heterocycles. The number of anilines is 1. The average molecular weight is 482 g/mol. The minimum Gasteiger partial charge on any atom is -0.378 e. The number of rotatable bonds is 7. The van der Waals surface area contributed by atoms with Gasteiger partial charge in [0, 0.05) is 39.3 Å². The molecule has 6 nitrogen and oxygen atoms in total. The fourth-order valence-electron chi connectivity index (χ4n) is 4.23. The molecule has 1 aliphatic heterocycles. The van der Waals surface area contributed by atoms with Crippen molar-refractivity contribution in [2.24, 2.45) is 0 Å². The highest BCUT2D eigenvalue weighted by atomic mass is 32.2. The van der Waals surface area contributed by atoms with Gasteiger partial charge in [0.25, 0.3) is 0 Å². The van der Waals surface area contributed by atoms with Gasteiger partial charge >= 0.3 is 0 Å². The average Bonchev–Trinajstić information content (AvgIpc) is 2.83. The van der Waals surface area contributed by atoms with Crippen LogP contribution in [0.5, 0.6) is 0 Å². The first-order valence-corrected chi connectivity index (χ1v) is 12.6. The Balaban J connectivity index is 1.54. The van der Waals surface area contributed by atoms with Crippen LogP contribution in [0.1, 0.15) is 29.2 Å². The van der Waals surface area contributed by atoms with Gasteiger partial charge in [-0.15, -0.1) is 0 Å². The first-order chi connectivity index (χ1) is 16.3. The Morgan fingerprint density at radius 1 is 1.03 bits per heavy atom. The second-order valence-corrected chi connectivity index (χ2v) is 10.5. The molecule has 0 radical (unpaired) electrons. The summed E-state index contributed by atoms with van der Waals surface area (Å²) >= 11 is 0.